The first-order chi connectivity index (χ1) is 13.3. The number of nitrogens with one attached hydrogen (secondary N) is 2. The molecule has 1 amide bonds. The van der Waals surface area contributed by atoms with Crippen molar-refractivity contribution in [3.05, 3.63) is 36.5 Å². The Morgan fingerprint density at radius 2 is 1.85 bits per heavy atom. The number of fused-ring (bicyclic) bond motifs is 1. The van der Waals surface area contributed by atoms with Crippen molar-refractivity contribution in [2.45, 2.75) is 44.9 Å². The zero-order valence-corrected chi connectivity index (χ0v) is 16.1. The summed E-state index contributed by atoms with van der Waals surface area (Å²) in [5.74, 6) is 1.36. The van der Waals surface area contributed by atoms with E-state index < -0.39 is 0 Å². The summed E-state index contributed by atoms with van der Waals surface area (Å²) >= 11 is 0. The average Bonchev–Trinajstić information content (AvgIpc) is 2.73. The molecule has 0 atom stereocenters. The highest BCUT2D eigenvalue weighted by Gasteiger charge is 2.20. The number of amides is 1. The first kappa shape index (κ1) is 19.6. The number of hydrogen-bond acceptors (Lipinski definition) is 4. The van der Waals surface area contributed by atoms with Gasteiger partial charge >= 0.3 is 0 Å². The summed E-state index contributed by atoms with van der Waals surface area (Å²) < 4.78 is 5.86. The van der Waals surface area contributed by atoms with E-state index >= 15 is 0 Å². The fourth-order valence-corrected chi connectivity index (χ4v) is 3.65. The van der Waals surface area contributed by atoms with Gasteiger partial charge < -0.3 is 15.4 Å². The van der Waals surface area contributed by atoms with Crippen LogP contribution in [-0.4, -0.2) is 37.1 Å². The Morgan fingerprint density at radius 3 is 2.74 bits per heavy atom. The first-order valence-corrected chi connectivity index (χ1v) is 10.3. The summed E-state index contributed by atoms with van der Waals surface area (Å²) in [5.41, 5.74) is 0.911. The Bertz CT molecular complexity index is 708. The van der Waals surface area contributed by atoms with Crippen molar-refractivity contribution in [2.75, 3.05) is 26.2 Å². The molecule has 27 heavy (non-hydrogen) atoms. The zero-order valence-electron chi connectivity index (χ0n) is 16.1. The van der Waals surface area contributed by atoms with Crippen LogP contribution in [0.2, 0.25) is 0 Å². The molecule has 1 aliphatic rings. The maximum atomic E-state index is 12.1. The Balaban J connectivity index is 1.22. The molecule has 0 saturated heterocycles. The molecule has 0 unspecified atom stereocenters. The lowest BCUT2D eigenvalue weighted by Crippen LogP contribution is -2.33. The highest BCUT2D eigenvalue weighted by molar-refractivity contribution is 5.84. The maximum Gasteiger partial charge on any atom is 0.223 e. The van der Waals surface area contributed by atoms with Crippen LogP contribution in [0.4, 0.5) is 0 Å². The maximum absolute atomic E-state index is 12.1. The van der Waals surface area contributed by atoms with Crippen LogP contribution >= 0.6 is 0 Å². The third-order valence-electron chi connectivity index (χ3n) is 5.19. The number of unbranched alkanes of at least 4 members (excludes halogenated alkanes) is 1. The highest BCUT2D eigenvalue weighted by atomic mass is 16.5. The Labute approximate surface area is 161 Å². The minimum absolute atomic E-state index is 0.262. The van der Waals surface area contributed by atoms with E-state index in [1.54, 1.807) is 6.20 Å². The number of pyridine rings is 1. The van der Waals surface area contributed by atoms with E-state index in [-0.39, 0.29) is 11.8 Å². The van der Waals surface area contributed by atoms with Gasteiger partial charge in [-0.05, 0) is 44.4 Å². The summed E-state index contributed by atoms with van der Waals surface area (Å²) in [5, 5.41) is 7.59. The topological polar surface area (TPSA) is 63.2 Å². The molecule has 1 aromatic carbocycles. The minimum Gasteiger partial charge on any atom is -0.490 e. The number of nitrogens with zero attached hydrogens (tertiary/aromatic N) is 1. The molecule has 1 aliphatic carbocycles. The van der Waals surface area contributed by atoms with Gasteiger partial charge in [-0.3, -0.25) is 9.78 Å². The van der Waals surface area contributed by atoms with Crippen molar-refractivity contribution in [3.8, 4) is 5.75 Å². The summed E-state index contributed by atoms with van der Waals surface area (Å²) in [6.07, 6.45) is 9.70. The summed E-state index contributed by atoms with van der Waals surface area (Å²) in [6.45, 7) is 3.15. The number of ether oxygens (including phenoxy) is 1. The van der Waals surface area contributed by atoms with E-state index in [0.29, 0.717) is 6.61 Å². The molecule has 1 fully saturated rings. The highest BCUT2D eigenvalue weighted by Crippen LogP contribution is 2.24. The third-order valence-corrected chi connectivity index (χ3v) is 5.19. The van der Waals surface area contributed by atoms with Crippen molar-refractivity contribution in [3.63, 3.8) is 0 Å². The number of hydrogen-bond donors (Lipinski definition) is 2. The molecule has 2 aromatic rings. The van der Waals surface area contributed by atoms with E-state index in [2.05, 4.69) is 15.6 Å². The van der Waals surface area contributed by atoms with Crippen LogP contribution < -0.4 is 15.4 Å². The fraction of sp³-hybridized carbons (Fsp3) is 0.545. The minimum atomic E-state index is 0.262. The molecule has 1 saturated carbocycles. The lowest BCUT2D eigenvalue weighted by Gasteiger charge is -2.20. The molecule has 3 rings (SSSR count). The van der Waals surface area contributed by atoms with Gasteiger partial charge in [-0.2, -0.15) is 0 Å². The average molecular weight is 370 g/mol. The van der Waals surface area contributed by atoms with Gasteiger partial charge in [0.25, 0.3) is 0 Å². The van der Waals surface area contributed by atoms with Crippen LogP contribution in [0.15, 0.2) is 36.5 Å². The van der Waals surface area contributed by atoms with E-state index in [0.717, 1.165) is 62.0 Å². The van der Waals surface area contributed by atoms with Gasteiger partial charge in [0.15, 0.2) is 0 Å². The lowest BCUT2D eigenvalue weighted by atomic mass is 9.89. The predicted molar refractivity (Wildman–Crippen MR) is 109 cm³/mol. The molecule has 146 valence electrons. The van der Waals surface area contributed by atoms with Gasteiger partial charge in [-0.25, -0.2) is 0 Å². The van der Waals surface area contributed by atoms with E-state index in [9.17, 15) is 4.79 Å². The van der Waals surface area contributed by atoms with Crippen LogP contribution in [0.5, 0.6) is 5.75 Å². The number of aromatic nitrogens is 1. The molecule has 0 aliphatic heterocycles. The van der Waals surface area contributed by atoms with Gasteiger partial charge in [-0.15, -0.1) is 0 Å². The normalized spacial score (nSPS) is 15.0. The van der Waals surface area contributed by atoms with Crippen LogP contribution in [0.3, 0.4) is 0 Å². The molecule has 0 radical (unpaired) electrons. The largest absolute Gasteiger partial charge is 0.490 e. The molecule has 2 N–H and O–H groups in total. The third kappa shape index (κ3) is 6.21. The second kappa shape index (κ2) is 10.9. The second-order valence-corrected chi connectivity index (χ2v) is 7.26. The molecular formula is C22H31N3O2. The molecule has 5 nitrogen and oxygen atoms in total. The zero-order chi connectivity index (χ0) is 18.7. The Kier molecular flexibility index (Phi) is 7.90. The smallest absolute Gasteiger partial charge is 0.223 e. The predicted octanol–water partition coefficient (Wildman–Crippen LogP) is 3.68. The van der Waals surface area contributed by atoms with Gasteiger partial charge in [0.2, 0.25) is 5.91 Å². The van der Waals surface area contributed by atoms with Crippen LogP contribution in [0.25, 0.3) is 10.9 Å². The van der Waals surface area contributed by atoms with Crippen LogP contribution in [0.1, 0.15) is 44.9 Å². The van der Waals surface area contributed by atoms with Gasteiger partial charge in [-0.1, -0.05) is 37.5 Å². The number of rotatable bonds is 10. The molecule has 1 aromatic heterocycles. The molecule has 0 bridgehead atoms. The van der Waals surface area contributed by atoms with Crippen molar-refractivity contribution < 1.29 is 9.53 Å². The second-order valence-electron chi connectivity index (χ2n) is 7.26. The number of benzene rings is 1. The van der Waals surface area contributed by atoms with E-state index in [4.69, 9.17) is 4.74 Å². The molecule has 5 heteroatoms. The summed E-state index contributed by atoms with van der Waals surface area (Å²) in [6, 6.07) is 9.98. The van der Waals surface area contributed by atoms with Crippen molar-refractivity contribution in [1.82, 2.24) is 15.6 Å². The van der Waals surface area contributed by atoms with Crippen LogP contribution in [0, 0.1) is 5.92 Å². The van der Waals surface area contributed by atoms with Crippen molar-refractivity contribution in [2.24, 2.45) is 5.92 Å². The van der Waals surface area contributed by atoms with Crippen LogP contribution in [-0.2, 0) is 4.79 Å². The van der Waals surface area contributed by atoms with Crippen molar-refractivity contribution in [1.29, 1.82) is 0 Å². The van der Waals surface area contributed by atoms with E-state index in [1.807, 2.05) is 30.3 Å². The number of para-hydroxylation sites is 1. The van der Waals surface area contributed by atoms with Gasteiger partial charge in [0, 0.05) is 30.6 Å². The summed E-state index contributed by atoms with van der Waals surface area (Å²) in [4.78, 5) is 16.4. The standard InChI is InChI=1S/C22H31N3O2/c26-22(19-8-2-1-3-9-19)25-14-5-4-13-23-16-17-27-20-12-6-10-18-11-7-15-24-21(18)20/h6-7,10-12,15,19,23H,1-5,8-9,13-14,16-17H2,(H,25,26). The van der Waals surface area contributed by atoms with E-state index in [1.165, 1.54) is 19.3 Å². The number of carbonyl (C=O) groups is 1. The Hall–Kier alpha value is -2.14. The fourth-order valence-electron chi connectivity index (χ4n) is 3.65. The summed E-state index contributed by atoms with van der Waals surface area (Å²) in [7, 11) is 0. The first-order valence-electron chi connectivity index (χ1n) is 10.3. The monoisotopic (exact) mass is 369 g/mol. The SMILES string of the molecule is O=C(NCCCCNCCOc1cccc2cccnc12)C1CCCCC1. The quantitative estimate of drug-likeness (QED) is 0.627. The van der Waals surface area contributed by atoms with Crippen molar-refractivity contribution >= 4 is 16.8 Å². The van der Waals surface area contributed by atoms with Gasteiger partial charge in [0.1, 0.15) is 17.9 Å². The lowest BCUT2D eigenvalue weighted by molar-refractivity contribution is -0.125. The van der Waals surface area contributed by atoms with Gasteiger partial charge in [0.05, 0.1) is 0 Å². The molecule has 0 spiro atoms. The molecule has 1 heterocycles. The Morgan fingerprint density at radius 1 is 1.04 bits per heavy atom. The molecular weight excluding hydrogens is 338 g/mol. The number of carbonyl (C=O) groups excluding carboxylic acids is 1.